The zero-order valence-electron chi connectivity index (χ0n) is 14.4. The molecule has 7 nitrogen and oxygen atoms in total. The highest BCUT2D eigenvalue weighted by atomic mass is 32.2. The van der Waals surface area contributed by atoms with Gasteiger partial charge in [-0.1, -0.05) is 30.3 Å². The van der Waals surface area contributed by atoms with Crippen molar-refractivity contribution in [1.82, 2.24) is 4.72 Å². The van der Waals surface area contributed by atoms with Crippen LogP contribution in [0.3, 0.4) is 0 Å². The van der Waals surface area contributed by atoms with E-state index in [0.717, 1.165) is 11.0 Å². The first-order valence-electron chi connectivity index (χ1n) is 8.15. The number of carbonyl (C=O) groups is 1. The number of nitrogens with one attached hydrogen (secondary N) is 2. The van der Waals surface area contributed by atoms with Crippen LogP contribution in [0.4, 0.5) is 14.5 Å². The minimum Gasteiger partial charge on any atom is -0.395 e. The van der Waals surface area contributed by atoms with Crippen molar-refractivity contribution in [3.8, 4) is 11.5 Å². The second-order valence-corrected chi connectivity index (χ2v) is 7.43. The maximum atomic E-state index is 13.0. The molecule has 2 aromatic carbocycles. The lowest BCUT2D eigenvalue weighted by molar-refractivity contribution is -0.286. The van der Waals surface area contributed by atoms with Gasteiger partial charge in [0.25, 0.3) is 0 Å². The molecule has 3 rings (SSSR count). The molecule has 0 aliphatic carbocycles. The van der Waals surface area contributed by atoms with Crippen LogP contribution in [0.25, 0.3) is 6.08 Å². The van der Waals surface area contributed by atoms with E-state index in [1.165, 1.54) is 24.3 Å². The number of ether oxygens (including phenoxy) is 2. The summed E-state index contributed by atoms with van der Waals surface area (Å²) in [5.41, 5.74) is 0.941. The fourth-order valence-electron chi connectivity index (χ4n) is 2.34. The van der Waals surface area contributed by atoms with Crippen LogP contribution < -0.4 is 19.5 Å². The lowest BCUT2D eigenvalue weighted by Gasteiger charge is -2.06. The monoisotopic (exact) mass is 410 g/mol. The summed E-state index contributed by atoms with van der Waals surface area (Å²) in [5, 5.41) is 3.48. The van der Waals surface area contributed by atoms with E-state index in [0.29, 0.717) is 0 Å². The number of anilines is 1. The number of amides is 1. The van der Waals surface area contributed by atoms with Crippen molar-refractivity contribution in [1.29, 1.82) is 0 Å². The quantitative estimate of drug-likeness (QED) is 0.732. The number of sulfonamides is 1. The molecule has 2 N–H and O–H groups in total. The Morgan fingerprint density at radius 1 is 1.07 bits per heavy atom. The van der Waals surface area contributed by atoms with Crippen molar-refractivity contribution in [2.24, 2.45) is 0 Å². The summed E-state index contributed by atoms with van der Waals surface area (Å²) in [5.74, 6) is -0.837. The molecule has 2 aromatic rings. The number of hydrogen-bond acceptors (Lipinski definition) is 5. The summed E-state index contributed by atoms with van der Waals surface area (Å²) in [6.07, 6.45) is -2.45. The molecule has 0 spiro atoms. The van der Waals surface area contributed by atoms with E-state index in [1.54, 1.807) is 24.3 Å². The minimum atomic E-state index is -3.74. The summed E-state index contributed by atoms with van der Waals surface area (Å²) in [6, 6.07) is 12.7. The van der Waals surface area contributed by atoms with Crippen LogP contribution in [0.1, 0.15) is 12.0 Å². The average Bonchev–Trinajstić information content (AvgIpc) is 2.94. The Labute approximate surface area is 160 Å². The summed E-state index contributed by atoms with van der Waals surface area (Å²) >= 11 is 0. The molecule has 1 aliphatic heterocycles. The van der Waals surface area contributed by atoms with Gasteiger partial charge in [0, 0.05) is 30.1 Å². The van der Waals surface area contributed by atoms with Gasteiger partial charge in [-0.3, -0.25) is 4.79 Å². The molecule has 0 bridgehead atoms. The number of rotatable bonds is 7. The molecule has 148 valence electrons. The number of hydrogen-bond donors (Lipinski definition) is 2. The summed E-state index contributed by atoms with van der Waals surface area (Å²) in [6.45, 7) is -0.129. The van der Waals surface area contributed by atoms with E-state index in [4.69, 9.17) is 0 Å². The van der Waals surface area contributed by atoms with Gasteiger partial charge in [-0.25, -0.2) is 13.1 Å². The van der Waals surface area contributed by atoms with Crippen molar-refractivity contribution in [2.75, 3.05) is 11.9 Å². The first-order valence-corrected chi connectivity index (χ1v) is 9.70. The second-order valence-electron chi connectivity index (χ2n) is 5.78. The van der Waals surface area contributed by atoms with Crippen molar-refractivity contribution in [2.45, 2.75) is 12.7 Å². The molecule has 10 heteroatoms. The van der Waals surface area contributed by atoms with Crippen molar-refractivity contribution in [3.63, 3.8) is 0 Å². The predicted octanol–water partition coefficient (Wildman–Crippen LogP) is 2.93. The van der Waals surface area contributed by atoms with Gasteiger partial charge >= 0.3 is 6.29 Å². The third kappa shape index (κ3) is 5.51. The largest absolute Gasteiger partial charge is 0.586 e. The van der Waals surface area contributed by atoms with Crippen LogP contribution in [0.15, 0.2) is 53.9 Å². The van der Waals surface area contributed by atoms with E-state index in [2.05, 4.69) is 19.5 Å². The Balaban J connectivity index is 1.48. The van der Waals surface area contributed by atoms with E-state index in [-0.39, 0.29) is 30.2 Å². The van der Waals surface area contributed by atoms with Crippen LogP contribution in [0, 0.1) is 0 Å². The third-order valence-electron chi connectivity index (χ3n) is 3.58. The van der Waals surface area contributed by atoms with Crippen LogP contribution in [-0.4, -0.2) is 27.2 Å². The molecule has 0 atom stereocenters. The van der Waals surface area contributed by atoms with Gasteiger partial charge in [0.15, 0.2) is 11.5 Å². The molecule has 0 aromatic heterocycles. The molecular formula is C18H16F2N2O5S. The molecule has 0 fully saturated rings. The number of halogens is 2. The molecule has 28 heavy (non-hydrogen) atoms. The Morgan fingerprint density at radius 3 is 2.54 bits per heavy atom. The first kappa shape index (κ1) is 19.8. The number of benzene rings is 2. The smallest absolute Gasteiger partial charge is 0.395 e. The van der Waals surface area contributed by atoms with E-state index >= 15 is 0 Å². The molecule has 0 saturated heterocycles. The number of alkyl halides is 2. The fraction of sp³-hybridized carbons (Fsp3) is 0.167. The molecule has 1 heterocycles. The van der Waals surface area contributed by atoms with E-state index in [1.807, 2.05) is 6.07 Å². The topological polar surface area (TPSA) is 93.7 Å². The van der Waals surface area contributed by atoms with Gasteiger partial charge in [0.05, 0.1) is 0 Å². The Bertz CT molecular complexity index is 994. The maximum Gasteiger partial charge on any atom is 0.586 e. The number of fused-ring (bicyclic) bond motifs is 1. The molecule has 0 saturated carbocycles. The normalized spacial score (nSPS) is 14.9. The second kappa shape index (κ2) is 7.95. The summed E-state index contributed by atoms with van der Waals surface area (Å²) in [4.78, 5) is 11.9. The highest BCUT2D eigenvalue weighted by molar-refractivity contribution is 7.92. The summed E-state index contributed by atoms with van der Waals surface area (Å²) < 4.78 is 60.6. The van der Waals surface area contributed by atoms with Gasteiger partial charge in [-0.2, -0.15) is 0 Å². The zero-order chi connectivity index (χ0) is 20.2. The van der Waals surface area contributed by atoms with Crippen LogP contribution in [0.2, 0.25) is 0 Å². The van der Waals surface area contributed by atoms with Gasteiger partial charge in [-0.05, 0) is 23.8 Å². The van der Waals surface area contributed by atoms with Gasteiger partial charge < -0.3 is 14.8 Å². The fourth-order valence-corrected chi connectivity index (χ4v) is 3.16. The van der Waals surface area contributed by atoms with Gasteiger partial charge in [-0.15, -0.1) is 8.78 Å². The van der Waals surface area contributed by atoms with E-state index in [9.17, 15) is 22.0 Å². The highest BCUT2D eigenvalue weighted by Gasteiger charge is 2.43. The lowest BCUT2D eigenvalue weighted by atomic mass is 10.2. The van der Waals surface area contributed by atoms with Crippen LogP contribution >= 0.6 is 0 Å². The molecular weight excluding hydrogens is 394 g/mol. The van der Waals surface area contributed by atoms with Crippen LogP contribution in [-0.2, 0) is 14.8 Å². The van der Waals surface area contributed by atoms with Crippen LogP contribution in [0.5, 0.6) is 11.5 Å². The molecule has 0 unspecified atom stereocenters. The Kier molecular flexibility index (Phi) is 5.61. The van der Waals surface area contributed by atoms with Crippen molar-refractivity contribution in [3.05, 3.63) is 59.5 Å². The minimum absolute atomic E-state index is 0.129. The number of carbonyl (C=O) groups excluding carboxylic acids is 1. The van der Waals surface area contributed by atoms with E-state index < -0.39 is 22.2 Å². The SMILES string of the molecule is O=C(CCNS(=O)(=O)C=Cc1ccccc1)Nc1ccc2c(c1)OC(F)(F)O2. The average molecular weight is 410 g/mol. The van der Waals surface area contributed by atoms with Gasteiger partial charge in [0.1, 0.15) is 0 Å². The summed E-state index contributed by atoms with van der Waals surface area (Å²) in [7, 11) is -3.70. The predicted molar refractivity (Wildman–Crippen MR) is 98.3 cm³/mol. The zero-order valence-corrected chi connectivity index (χ0v) is 15.2. The molecule has 0 radical (unpaired) electrons. The van der Waals surface area contributed by atoms with Crippen molar-refractivity contribution < 1.29 is 31.5 Å². The lowest BCUT2D eigenvalue weighted by Crippen LogP contribution is -2.26. The Morgan fingerprint density at radius 2 is 1.79 bits per heavy atom. The molecule has 1 amide bonds. The van der Waals surface area contributed by atoms with Gasteiger partial charge in [0.2, 0.25) is 15.9 Å². The molecule has 1 aliphatic rings. The first-order chi connectivity index (χ1) is 13.2. The Hall–Kier alpha value is -2.98. The van der Waals surface area contributed by atoms with Crippen molar-refractivity contribution >= 4 is 27.7 Å². The highest BCUT2D eigenvalue weighted by Crippen LogP contribution is 2.42. The maximum absolute atomic E-state index is 13.0. The standard InChI is InChI=1S/C18H16F2N2O5S/c19-18(20)26-15-7-6-14(12-16(15)27-18)22-17(23)8-10-21-28(24,25)11-9-13-4-2-1-3-5-13/h1-7,9,11-12,21H,8,10H2,(H,22,23). The third-order valence-corrected chi connectivity index (χ3v) is 4.68.